The molecule has 0 radical (unpaired) electrons. The number of nitrogens with one attached hydrogen (secondary N) is 2. The summed E-state index contributed by atoms with van der Waals surface area (Å²) in [7, 11) is 0. The van der Waals surface area contributed by atoms with E-state index < -0.39 is 35.8 Å². The Bertz CT molecular complexity index is 1400. The summed E-state index contributed by atoms with van der Waals surface area (Å²) in [5, 5.41) is 5.19. The highest BCUT2D eigenvalue weighted by atomic mass is 16.5. The number of hydrogen-bond acceptors (Lipinski definition) is 8. The minimum atomic E-state index is -0.936. The first kappa shape index (κ1) is 28.8. The van der Waals surface area contributed by atoms with Gasteiger partial charge in [0.1, 0.15) is 24.4 Å². The van der Waals surface area contributed by atoms with Gasteiger partial charge in [0, 0.05) is 16.7 Å². The van der Waals surface area contributed by atoms with E-state index in [0.717, 1.165) is 0 Å². The van der Waals surface area contributed by atoms with Gasteiger partial charge in [-0.1, -0.05) is 54.6 Å². The van der Waals surface area contributed by atoms with Crippen molar-refractivity contribution in [3.63, 3.8) is 0 Å². The van der Waals surface area contributed by atoms with Crippen molar-refractivity contribution in [1.29, 1.82) is 0 Å². The number of nitrogens with zero attached hydrogens (tertiary/aromatic N) is 1. The second-order valence-corrected chi connectivity index (χ2v) is 9.09. The van der Waals surface area contributed by atoms with Crippen LogP contribution in [0.25, 0.3) is 11.5 Å². The molecule has 1 heterocycles. The van der Waals surface area contributed by atoms with E-state index in [9.17, 15) is 19.2 Å². The number of aromatic nitrogens is 1. The Morgan fingerprint density at radius 1 is 0.683 bits per heavy atom. The Hall–Kier alpha value is -5.25. The fourth-order valence-corrected chi connectivity index (χ4v) is 3.70. The number of ether oxygens (including phenoxy) is 2. The Balaban J connectivity index is 1.39. The van der Waals surface area contributed by atoms with E-state index >= 15 is 0 Å². The van der Waals surface area contributed by atoms with Crippen LogP contribution in [0.3, 0.4) is 0 Å². The molecule has 0 bridgehead atoms. The average Bonchev–Trinajstić information content (AvgIpc) is 3.42. The van der Waals surface area contributed by atoms with E-state index in [1.165, 1.54) is 13.8 Å². The van der Waals surface area contributed by atoms with E-state index in [1.54, 1.807) is 72.8 Å². The highest BCUT2D eigenvalue weighted by Gasteiger charge is 2.23. The Labute approximate surface area is 236 Å². The van der Waals surface area contributed by atoms with Crippen LogP contribution in [0.2, 0.25) is 0 Å². The van der Waals surface area contributed by atoms with Crippen molar-refractivity contribution in [2.75, 3.05) is 0 Å². The fourth-order valence-electron chi connectivity index (χ4n) is 3.70. The Morgan fingerprint density at radius 2 is 1.12 bits per heavy atom. The molecule has 0 fully saturated rings. The summed E-state index contributed by atoms with van der Waals surface area (Å²) in [5.41, 5.74) is 1.74. The number of esters is 2. The summed E-state index contributed by atoms with van der Waals surface area (Å²) in [6.45, 7) is 2.42. The van der Waals surface area contributed by atoms with Crippen LogP contribution in [-0.2, 0) is 32.3 Å². The molecule has 4 rings (SSSR count). The summed E-state index contributed by atoms with van der Waals surface area (Å²) in [6.07, 6.45) is 0. The Morgan fingerprint density at radius 3 is 1.61 bits per heavy atom. The van der Waals surface area contributed by atoms with Crippen molar-refractivity contribution < 1.29 is 33.1 Å². The molecule has 2 unspecified atom stereocenters. The molecule has 2 amide bonds. The predicted molar refractivity (Wildman–Crippen MR) is 148 cm³/mol. The highest BCUT2D eigenvalue weighted by Crippen LogP contribution is 2.23. The Kier molecular flexibility index (Phi) is 9.61. The highest BCUT2D eigenvalue weighted by molar-refractivity contribution is 5.97. The SMILES string of the molecule is CC(NC(=O)c1ccccc1)C(=O)OCc1nc(-c2ccccc2)oc1COC(=O)C(C)NC(=O)c1ccccc1. The number of hydrogen-bond donors (Lipinski definition) is 2. The third-order valence-corrected chi connectivity index (χ3v) is 5.97. The van der Waals surface area contributed by atoms with Crippen molar-refractivity contribution in [3.05, 3.63) is 114 Å². The molecule has 2 atom stereocenters. The second-order valence-electron chi connectivity index (χ2n) is 9.09. The standard InChI is InChI=1S/C31H29N3O7/c1-20(32-27(35)22-12-6-3-7-13-22)30(37)39-18-25-26(41-29(34-25)24-16-10-5-11-17-24)19-40-31(38)21(2)33-28(36)23-14-8-4-9-15-23/h3-17,20-21H,18-19H2,1-2H3,(H,32,35)(H,33,36). The zero-order chi connectivity index (χ0) is 29.2. The van der Waals surface area contributed by atoms with Gasteiger partial charge in [0.15, 0.2) is 12.4 Å². The molecule has 3 aromatic carbocycles. The van der Waals surface area contributed by atoms with E-state index in [0.29, 0.717) is 16.7 Å². The summed E-state index contributed by atoms with van der Waals surface area (Å²) in [5.74, 6) is -1.77. The molecular weight excluding hydrogens is 526 g/mol. The third kappa shape index (κ3) is 7.89. The average molecular weight is 556 g/mol. The van der Waals surface area contributed by atoms with Gasteiger partial charge in [0.05, 0.1) is 0 Å². The quantitative estimate of drug-likeness (QED) is 0.264. The summed E-state index contributed by atoms with van der Waals surface area (Å²) in [6, 6.07) is 24.2. The van der Waals surface area contributed by atoms with Crippen molar-refractivity contribution in [3.8, 4) is 11.5 Å². The van der Waals surface area contributed by atoms with Crippen molar-refractivity contribution >= 4 is 23.8 Å². The van der Waals surface area contributed by atoms with Crippen LogP contribution in [-0.4, -0.2) is 40.8 Å². The van der Waals surface area contributed by atoms with Crippen molar-refractivity contribution in [2.45, 2.75) is 39.1 Å². The van der Waals surface area contributed by atoms with Gasteiger partial charge in [-0.25, -0.2) is 14.6 Å². The number of carbonyl (C=O) groups excluding carboxylic acids is 4. The smallest absolute Gasteiger partial charge is 0.328 e. The third-order valence-electron chi connectivity index (χ3n) is 5.97. The normalized spacial score (nSPS) is 12.0. The van der Waals surface area contributed by atoms with Gasteiger partial charge in [-0.3, -0.25) is 9.59 Å². The van der Waals surface area contributed by atoms with Gasteiger partial charge in [0.2, 0.25) is 5.89 Å². The molecule has 41 heavy (non-hydrogen) atoms. The van der Waals surface area contributed by atoms with Gasteiger partial charge in [-0.2, -0.15) is 0 Å². The van der Waals surface area contributed by atoms with E-state index in [-0.39, 0.29) is 30.6 Å². The van der Waals surface area contributed by atoms with Crippen LogP contribution in [0.5, 0.6) is 0 Å². The molecule has 10 heteroatoms. The van der Waals surface area contributed by atoms with Crippen LogP contribution in [0.1, 0.15) is 46.0 Å². The van der Waals surface area contributed by atoms with Gasteiger partial charge >= 0.3 is 11.9 Å². The van der Waals surface area contributed by atoms with E-state index in [1.807, 2.05) is 18.2 Å². The number of amides is 2. The largest absolute Gasteiger partial charge is 0.458 e. The maximum atomic E-state index is 12.6. The van der Waals surface area contributed by atoms with Crippen LogP contribution in [0.4, 0.5) is 0 Å². The molecule has 210 valence electrons. The van der Waals surface area contributed by atoms with Crippen molar-refractivity contribution in [2.24, 2.45) is 0 Å². The lowest BCUT2D eigenvalue weighted by Gasteiger charge is -2.14. The van der Waals surface area contributed by atoms with Crippen LogP contribution in [0, 0.1) is 0 Å². The van der Waals surface area contributed by atoms with Gasteiger partial charge in [-0.05, 0) is 50.2 Å². The first-order chi connectivity index (χ1) is 19.8. The van der Waals surface area contributed by atoms with E-state index in [2.05, 4.69) is 15.6 Å². The van der Waals surface area contributed by atoms with Gasteiger partial charge < -0.3 is 24.5 Å². The number of benzene rings is 3. The number of rotatable bonds is 11. The second kappa shape index (κ2) is 13.7. The van der Waals surface area contributed by atoms with Crippen LogP contribution in [0.15, 0.2) is 95.4 Å². The molecule has 0 saturated carbocycles. The molecule has 0 aliphatic heterocycles. The first-order valence-electron chi connectivity index (χ1n) is 12.9. The fraction of sp³-hybridized carbons (Fsp3) is 0.194. The maximum absolute atomic E-state index is 12.6. The summed E-state index contributed by atoms with van der Waals surface area (Å²) < 4.78 is 16.6. The summed E-state index contributed by atoms with van der Waals surface area (Å²) >= 11 is 0. The molecule has 4 aromatic rings. The topological polar surface area (TPSA) is 137 Å². The van der Waals surface area contributed by atoms with E-state index in [4.69, 9.17) is 13.9 Å². The minimum absolute atomic E-state index is 0.174. The molecule has 0 aliphatic carbocycles. The molecule has 0 spiro atoms. The van der Waals surface area contributed by atoms with Crippen molar-refractivity contribution in [1.82, 2.24) is 15.6 Å². The lowest BCUT2D eigenvalue weighted by Crippen LogP contribution is -2.39. The monoisotopic (exact) mass is 555 g/mol. The molecular formula is C31H29N3O7. The lowest BCUT2D eigenvalue weighted by molar-refractivity contribution is -0.148. The number of oxazole rings is 1. The zero-order valence-electron chi connectivity index (χ0n) is 22.5. The van der Waals surface area contributed by atoms with Crippen LogP contribution >= 0.6 is 0 Å². The maximum Gasteiger partial charge on any atom is 0.328 e. The number of carbonyl (C=O) groups is 4. The lowest BCUT2D eigenvalue weighted by atomic mass is 10.2. The summed E-state index contributed by atoms with van der Waals surface area (Å²) in [4.78, 5) is 54.4. The molecule has 1 aromatic heterocycles. The van der Waals surface area contributed by atoms with Gasteiger partial charge in [-0.15, -0.1) is 0 Å². The first-order valence-corrected chi connectivity index (χ1v) is 12.9. The molecule has 0 aliphatic rings. The van der Waals surface area contributed by atoms with Crippen LogP contribution < -0.4 is 10.6 Å². The minimum Gasteiger partial charge on any atom is -0.458 e. The van der Waals surface area contributed by atoms with Gasteiger partial charge in [0.25, 0.3) is 11.8 Å². The zero-order valence-corrected chi connectivity index (χ0v) is 22.5. The predicted octanol–water partition coefficient (Wildman–Crippen LogP) is 4.07. The molecule has 0 saturated heterocycles. The molecule has 2 N–H and O–H groups in total. The molecule has 10 nitrogen and oxygen atoms in total.